The molecule has 0 radical (unpaired) electrons. The van der Waals surface area contributed by atoms with Gasteiger partial charge in [0.05, 0.1) is 19.1 Å². The molecule has 0 aromatic heterocycles. The quantitative estimate of drug-likeness (QED) is 0.115. The lowest BCUT2D eigenvalue weighted by Gasteiger charge is -2.24. The van der Waals surface area contributed by atoms with Crippen molar-refractivity contribution in [3.63, 3.8) is 0 Å². The molecule has 3 amide bonds. The first-order valence-corrected chi connectivity index (χ1v) is 10.6. The van der Waals surface area contributed by atoms with Crippen molar-refractivity contribution >= 4 is 35.6 Å². The van der Waals surface area contributed by atoms with Gasteiger partial charge in [-0.2, -0.15) is 0 Å². The minimum atomic E-state index is -1.83. The molecule has 1 rings (SSSR count). The zero-order chi connectivity index (χ0) is 27.4. The Labute approximate surface area is 204 Å². The number of aliphatic hydroxyl groups excluding tert-OH is 1. The fourth-order valence-corrected chi connectivity index (χ4v) is 2.88. The number of benzene rings is 1. The van der Waals surface area contributed by atoms with Gasteiger partial charge in [-0.05, 0) is 24.1 Å². The van der Waals surface area contributed by atoms with Crippen molar-refractivity contribution in [2.75, 3.05) is 6.61 Å². The van der Waals surface area contributed by atoms with Crippen LogP contribution in [0.1, 0.15) is 24.8 Å². The molecule has 198 valence electrons. The molecule has 0 aliphatic heterocycles. The summed E-state index contributed by atoms with van der Waals surface area (Å²) in [6.07, 6.45) is -1.76. The Balaban J connectivity index is 3.02. The first-order chi connectivity index (χ1) is 16.8. The molecule has 0 aliphatic carbocycles. The van der Waals surface area contributed by atoms with Crippen LogP contribution < -0.4 is 21.7 Å². The smallest absolute Gasteiger partial charge is 0.326 e. The molecule has 0 bridgehead atoms. The first-order valence-electron chi connectivity index (χ1n) is 10.6. The maximum atomic E-state index is 12.9. The molecule has 0 fully saturated rings. The average molecular weight is 512 g/mol. The normalized spacial score (nSPS) is 13.9. The van der Waals surface area contributed by atoms with Gasteiger partial charge in [0, 0.05) is 12.8 Å². The Bertz CT molecular complexity index is 967. The van der Waals surface area contributed by atoms with Crippen molar-refractivity contribution in [3.8, 4) is 5.75 Å². The van der Waals surface area contributed by atoms with E-state index in [0.29, 0.717) is 5.56 Å². The van der Waals surface area contributed by atoms with Crippen LogP contribution in [0.3, 0.4) is 0 Å². The monoisotopic (exact) mass is 512 g/mol. The molecule has 36 heavy (non-hydrogen) atoms. The molecule has 0 heterocycles. The number of aliphatic hydroxyl groups is 1. The van der Waals surface area contributed by atoms with Gasteiger partial charge in [0.15, 0.2) is 0 Å². The fourth-order valence-electron chi connectivity index (χ4n) is 2.88. The Morgan fingerprint density at radius 1 is 0.778 bits per heavy atom. The van der Waals surface area contributed by atoms with Gasteiger partial charge in [-0.1, -0.05) is 12.1 Å². The van der Waals surface area contributed by atoms with E-state index in [9.17, 15) is 39.0 Å². The van der Waals surface area contributed by atoms with E-state index < -0.39 is 79.2 Å². The summed E-state index contributed by atoms with van der Waals surface area (Å²) in [6.45, 7) is -0.991. The number of carbonyl (C=O) groups is 6. The molecule has 0 aliphatic rings. The van der Waals surface area contributed by atoms with E-state index in [-0.39, 0.29) is 18.6 Å². The van der Waals surface area contributed by atoms with E-state index in [2.05, 4.69) is 10.6 Å². The molecule has 1 aromatic rings. The summed E-state index contributed by atoms with van der Waals surface area (Å²) >= 11 is 0. The van der Waals surface area contributed by atoms with Crippen LogP contribution in [0.5, 0.6) is 5.75 Å². The number of nitrogens with two attached hydrogens (primary N) is 1. The standard InChI is InChI=1S/C21H28N4O11/c22-12(5-6-16(28)29)18(32)23-13(7-10-1-3-11(27)4-2-10)19(33)25-15(9-26)20(34)24-14(21(35)36)8-17(30)31/h1-4,12-15,26-27H,5-9,22H2,(H,23,32)(H,24,34)(H,25,33)(H,28,29)(H,30,31)(H,35,36). The van der Waals surface area contributed by atoms with Crippen molar-refractivity contribution < 1.29 is 54.3 Å². The highest BCUT2D eigenvalue weighted by Crippen LogP contribution is 2.12. The van der Waals surface area contributed by atoms with Crippen LogP contribution in [0.25, 0.3) is 0 Å². The molecule has 0 saturated carbocycles. The summed E-state index contributed by atoms with van der Waals surface area (Å²) in [7, 11) is 0. The third kappa shape index (κ3) is 10.4. The number of phenols is 1. The number of nitrogens with one attached hydrogen (secondary N) is 3. The van der Waals surface area contributed by atoms with Gasteiger partial charge in [0.25, 0.3) is 0 Å². The highest BCUT2D eigenvalue weighted by molar-refractivity contribution is 5.94. The highest BCUT2D eigenvalue weighted by atomic mass is 16.4. The average Bonchev–Trinajstić information content (AvgIpc) is 2.80. The SMILES string of the molecule is NC(CCC(=O)O)C(=O)NC(Cc1ccc(O)cc1)C(=O)NC(CO)C(=O)NC(CC(=O)O)C(=O)O. The van der Waals surface area contributed by atoms with Crippen LogP contribution >= 0.6 is 0 Å². The van der Waals surface area contributed by atoms with Gasteiger partial charge in [-0.15, -0.1) is 0 Å². The molecule has 0 spiro atoms. The van der Waals surface area contributed by atoms with Crippen LogP contribution in [-0.2, 0) is 35.2 Å². The first kappa shape index (κ1) is 29.8. The molecular formula is C21H28N4O11. The summed E-state index contributed by atoms with van der Waals surface area (Å²) in [5.41, 5.74) is 6.14. The van der Waals surface area contributed by atoms with E-state index in [1.165, 1.54) is 24.3 Å². The number of amides is 3. The Morgan fingerprint density at radius 3 is 1.81 bits per heavy atom. The minimum Gasteiger partial charge on any atom is -0.508 e. The second-order valence-electron chi connectivity index (χ2n) is 7.71. The number of rotatable bonds is 15. The fraction of sp³-hybridized carbons (Fsp3) is 0.429. The second-order valence-corrected chi connectivity index (χ2v) is 7.71. The third-order valence-electron chi connectivity index (χ3n) is 4.82. The number of aliphatic carboxylic acids is 3. The van der Waals surface area contributed by atoms with E-state index in [1.54, 1.807) is 0 Å². The van der Waals surface area contributed by atoms with Crippen LogP contribution in [0, 0.1) is 0 Å². The van der Waals surface area contributed by atoms with Gasteiger partial charge < -0.3 is 47.2 Å². The molecule has 4 atom stereocenters. The second kappa shape index (κ2) is 14.2. The topological polar surface area (TPSA) is 266 Å². The van der Waals surface area contributed by atoms with E-state index >= 15 is 0 Å². The van der Waals surface area contributed by atoms with Crippen molar-refractivity contribution in [1.29, 1.82) is 0 Å². The zero-order valence-corrected chi connectivity index (χ0v) is 18.9. The maximum absolute atomic E-state index is 12.9. The Hall–Kier alpha value is -4.24. The summed E-state index contributed by atoms with van der Waals surface area (Å²) < 4.78 is 0. The Kier molecular flexibility index (Phi) is 11.8. The number of aromatic hydroxyl groups is 1. The molecule has 1 aromatic carbocycles. The number of phenolic OH excluding ortho intramolecular Hbond substituents is 1. The molecule has 10 N–H and O–H groups in total. The number of carbonyl (C=O) groups excluding carboxylic acids is 3. The predicted octanol–water partition coefficient (Wildman–Crippen LogP) is -2.87. The third-order valence-corrected chi connectivity index (χ3v) is 4.82. The van der Waals surface area contributed by atoms with E-state index in [4.69, 9.17) is 21.1 Å². The molecular weight excluding hydrogens is 484 g/mol. The zero-order valence-electron chi connectivity index (χ0n) is 18.9. The van der Waals surface area contributed by atoms with Crippen LogP contribution in [0.4, 0.5) is 0 Å². The summed E-state index contributed by atoms with van der Waals surface area (Å²) in [5, 5.41) is 52.0. The van der Waals surface area contributed by atoms with Crippen molar-refractivity contribution in [1.82, 2.24) is 16.0 Å². The minimum absolute atomic E-state index is 0.0640. The van der Waals surface area contributed by atoms with Gasteiger partial charge in [-0.3, -0.25) is 24.0 Å². The van der Waals surface area contributed by atoms with Gasteiger partial charge >= 0.3 is 17.9 Å². The number of hydrogen-bond donors (Lipinski definition) is 9. The summed E-state index contributed by atoms with van der Waals surface area (Å²) in [5.74, 6) is -7.45. The summed E-state index contributed by atoms with van der Waals surface area (Å²) in [6, 6.07) is -0.646. The van der Waals surface area contributed by atoms with Crippen LogP contribution in [-0.4, -0.2) is 91.9 Å². The predicted molar refractivity (Wildman–Crippen MR) is 119 cm³/mol. The van der Waals surface area contributed by atoms with E-state index in [0.717, 1.165) is 0 Å². The lowest BCUT2D eigenvalue weighted by Crippen LogP contribution is -2.58. The van der Waals surface area contributed by atoms with E-state index in [1.807, 2.05) is 5.32 Å². The van der Waals surface area contributed by atoms with Crippen molar-refractivity contribution in [3.05, 3.63) is 29.8 Å². The number of hydrogen-bond acceptors (Lipinski definition) is 9. The molecule has 4 unspecified atom stereocenters. The highest BCUT2D eigenvalue weighted by Gasteiger charge is 2.31. The van der Waals surface area contributed by atoms with Crippen molar-refractivity contribution in [2.24, 2.45) is 5.73 Å². The van der Waals surface area contributed by atoms with Crippen LogP contribution in [0.2, 0.25) is 0 Å². The molecule has 15 nitrogen and oxygen atoms in total. The molecule has 0 saturated heterocycles. The number of carboxylic acid groups (broad SMARTS) is 3. The maximum Gasteiger partial charge on any atom is 0.326 e. The van der Waals surface area contributed by atoms with Crippen LogP contribution in [0.15, 0.2) is 24.3 Å². The van der Waals surface area contributed by atoms with Gasteiger partial charge in [-0.25, -0.2) is 4.79 Å². The lowest BCUT2D eigenvalue weighted by molar-refractivity contribution is -0.147. The van der Waals surface area contributed by atoms with Gasteiger partial charge in [0.1, 0.15) is 23.9 Å². The lowest BCUT2D eigenvalue weighted by atomic mass is 10.0. The number of carboxylic acids is 3. The molecule has 15 heteroatoms. The largest absolute Gasteiger partial charge is 0.508 e. The summed E-state index contributed by atoms with van der Waals surface area (Å²) in [4.78, 5) is 70.4. The van der Waals surface area contributed by atoms with Gasteiger partial charge in [0.2, 0.25) is 17.7 Å². The van der Waals surface area contributed by atoms with Crippen molar-refractivity contribution in [2.45, 2.75) is 49.9 Å². The Morgan fingerprint density at radius 2 is 1.31 bits per heavy atom.